The molecule has 1 aromatic rings. The molecule has 7 heteroatoms. The summed E-state index contributed by atoms with van der Waals surface area (Å²) in [6, 6.07) is 9.93. The minimum Gasteiger partial charge on any atom is -0.443 e. The van der Waals surface area contributed by atoms with Crippen molar-refractivity contribution in [2.45, 2.75) is 59.2 Å². The lowest BCUT2D eigenvalue weighted by Gasteiger charge is -2.25. The van der Waals surface area contributed by atoms with E-state index in [9.17, 15) is 9.59 Å². The molecule has 1 aliphatic rings. The van der Waals surface area contributed by atoms with E-state index in [4.69, 9.17) is 9.47 Å². The zero-order valence-corrected chi connectivity index (χ0v) is 18.4. The number of ether oxygens (including phenoxy) is 2. The summed E-state index contributed by atoms with van der Waals surface area (Å²) in [6.07, 6.45) is 1.26. The van der Waals surface area contributed by atoms with Gasteiger partial charge in [0, 0.05) is 12.7 Å². The van der Waals surface area contributed by atoms with Crippen molar-refractivity contribution in [3.8, 4) is 0 Å². The number of hydrogen-bond donors (Lipinski definition) is 0. The predicted octanol–water partition coefficient (Wildman–Crippen LogP) is 4.59. The lowest BCUT2D eigenvalue weighted by atomic mass is 10.1. The van der Waals surface area contributed by atoms with Gasteiger partial charge in [-0.3, -0.25) is 0 Å². The molecule has 1 heterocycles. The Kier molecular flexibility index (Phi) is 6.72. The minimum absolute atomic E-state index is 0.188. The molecule has 0 aliphatic carbocycles. The monoisotopic (exact) mass is 401 g/mol. The van der Waals surface area contributed by atoms with Crippen molar-refractivity contribution in [3.63, 3.8) is 0 Å². The Morgan fingerprint density at radius 2 is 1.62 bits per heavy atom. The van der Waals surface area contributed by atoms with Crippen LogP contribution >= 0.6 is 0 Å². The van der Waals surface area contributed by atoms with E-state index in [1.165, 1.54) is 4.90 Å². The highest BCUT2D eigenvalue weighted by Crippen LogP contribution is 2.23. The fourth-order valence-corrected chi connectivity index (χ4v) is 2.70. The molecule has 0 atom stereocenters. The van der Waals surface area contributed by atoms with Crippen LogP contribution in [0.25, 0.3) is 0 Å². The number of allylic oxidation sites excluding steroid dienone is 1. The molecule has 2 amide bonds. The van der Waals surface area contributed by atoms with Crippen molar-refractivity contribution < 1.29 is 19.1 Å². The molecule has 0 aromatic heterocycles. The summed E-state index contributed by atoms with van der Waals surface area (Å²) in [5.74, 6) is 0.188. The molecule has 0 spiro atoms. The van der Waals surface area contributed by atoms with Gasteiger partial charge in [-0.1, -0.05) is 36.4 Å². The van der Waals surface area contributed by atoms with Crippen LogP contribution in [0.2, 0.25) is 0 Å². The average Bonchev–Trinajstić information content (AvgIpc) is 2.86. The number of amides is 2. The van der Waals surface area contributed by atoms with E-state index in [-0.39, 0.29) is 5.96 Å². The first-order valence-corrected chi connectivity index (χ1v) is 9.64. The first-order chi connectivity index (χ1) is 13.4. The molecule has 29 heavy (non-hydrogen) atoms. The number of nitrogens with zero attached hydrogens (tertiary/aromatic N) is 3. The molecule has 2 rings (SSSR count). The summed E-state index contributed by atoms with van der Waals surface area (Å²) in [4.78, 5) is 32.3. The van der Waals surface area contributed by atoms with Crippen molar-refractivity contribution in [1.29, 1.82) is 0 Å². The van der Waals surface area contributed by atoms with E-state index in [0.717, 1.165) is 5.56 Å². The Labute approximate surface area is 173 Å². The van der Waals surface area contributed by atoms with Gasteiger partial charge in [-0.05, 0) is 53.5 Å². The molecule has 158 valence electrons. The highest BCUT2D eigenvalue weighted by molar-refractivity contribution is 6.02. The molecule has 0 saturated carbocycles. The molecular formula is C22H31N3O4. The van der Waals surface area contributed by atoms with Crippen molar-refractivity contribution in [2.24, 2.45) is 4.99 Å². The second-order valence-corrected chi connectivity index (χ2v) is 8.95. The quantitative estimate of drug-likeness (QED) is 0.725. The molecule has 1 fully saturated rings. The summed E-state index contributed by atoms with van der Waals surface area (Å²) in [6.45, 7) is 11.1. The van der Waals surface area contributed by atoms with Crippen LogP contribution in [-0.4, -0.2) is 52.7 Å². The third-order valence-electron chi connectivity index (χ3n) is 3.80. The normalized spacial score (nSPS) is 17.8. The predicted molar refractivity (Wildman–Crippen MR) is 113 cm³/mol. The third-order valence-corrected chi connectivity index (χ3v) is 3.80. The van der Waals surface area contributed by atoms with E-state index in [1.54, 1.807) is 53.5 Å². The van der Waals surface area contributed by atoms with Crippen molar-refractivity contribution >= 4 is 18.1 Å². The number of carbonyl (C=O) groups excluding carboxylic acids is 2. The second-order valence-electron chi connectivity index (χ2n) is 8.95. The maximum atomic E-state index is 12.9. The summed E-state index contributed by atoms with van der Waals surface area (Å²) < 4.78 is 10.8. The standard InChI is InChI=1S/C22H31N3O4/c1-21(2,3)28-19(26)23-18-24(7)15-17(14-13-16-11-9-8-10-12-16)25(18)20(27)29-22(4,5)6/h8-12,14H,13,15H2,1-7H3/b17-14-,23-18+. The fraction of sp³-hybridized carbons (Fsp3) is 0.500. The van der Waals surface area contributed by atoms with Crippen LogP contribution in [0.4, 0.5) is 9.59 Å². The molecule has 0 bridgehead atoms. The van der Waals surface area contributed by atoms with Gasteiger partial charge in [0.25, 0.3) is 0 Å². The maximum Gasteiger partial charge on any atom is 0.437 e. The van der Waals surface area contributed by atoms with Crippen LogP contribution in [0, 0.1) is 0 Å². The van der Waals surface area contributed by atoms with E-state index in [2.05, 4.69) is 4.99 Å². The number of carbonyl (C=O) groups is 2. The molecular weight excluding hydrogens is 370 g/mol. The first kappa shape index (κ1) is 22.5. The zero-order chi connectivity index (χ0) is 21.8. The van der Waals surface area contributed by atoms with E-state index in [0.29, 0.717) is 18.7 Å². The molecule has 7 nitrogen and oxygen atoms in total. The molecule has 1 saturated heterocycles. The Bertz CT molecular complexity index is 802. The van der Waals surface area contributed by atoms with Gasteiger partial charge in [0.1, 0.15) is 11.2 Å². The maximum absolute atomic E-state index is 12.9. The second kappa shape index (κ2) is 8.68. The Balaban J connectivity index is 2.35. The summed E-state index contributed by atoms with van der Waals surface area (Å²) >= 11 is 0. The average molecular weight is 402 g/mol. The van der Waals surface area contributed by atoms with Crippen molar-refractivity contribution in [3.05, 3.63) is 47.7 Å². The van der Waals surface area contributed by atoms with Crippen LogP contribution in [0.1, 0.15) is 47.1 Å². The van der Waals surface area contributed by atoms with Crippen molar-refractivity contribution in [1.82, 2.24) is 9.80 Å². The van der Waals surface area contributed by atoms with E-state index < -0.39 is 23.4 Å². The van der Waals surface area contributed by atoms with E-state index in [1.807, 2.05) is 36.4 Å². The molecule has 0 N–H and O–H groups in total. The minimum atomic E-state index is -0.753. The van der Waals surface area contributed by atoms with Gasteiger partial charge >= 0.3 is 12.2 Å². The largest absolute Gasteiger partial charge is 0.443 e. The highest BCUT2D eigenvalue weighted by Gasteiger charge is 2.37. The Morgan fingerprint density at radius 3 is 2.17 bits per heavy atom. The molecule has 0 unspecified atom stereocenters. The van der Waals surface area contributed by atoms with Gasteiger partial charge in [0.05, 0.1) is 6.54 Å². The van der Waals surface area contributed by atoms with Gasteiger partial charge in [0.2, 0.25) is 5.96 Å². The van der Waals surface area contributed by atoms with Gasteiger partial charge < -0.3 is 14.4 Å². The summed E-state index contributed by atoms with van der Waals surface area (Å²) in [7, 11) is 1.77. The van der Waals surface area contributed by atoms with Crippen LogP contribution < -0.4 is 0 Å². The highest BCUT2D eigenvalue weighted by atomic mass is 16.6. The summed E-state index contributed by atoms with van der Waals surface area (Å²) in [5.41, 5.74) is 0.457. The Morgan fingerprint density at radius 1 is 1.03 bits per heavy atom. The number of likely N-dealkylation sites (N-methyl/N-ethyl adjacent to an activating group) is 1. The molecule has 1 aliphatic heterocycles. The van der Waals surface area contributed by atoms with Crippen LogP contribution in [-0.2, 0) is 15.9 Å². The lowest BCUT2D eigenvalue weighted by Crippen LogP contribution is -2.40. The van der Waals surface area contributed by atoms with Gasteiger partial charge in [-0.15, -0.1) is 4.99 Å². The van der Waals surface area contributed by atoms with Gasteiger partial charge in [0.15, 0.2) is 0 Å². The molecule has 1 aromatic carbocycles. The third kappa shape index (κ3) is 6.93. The topological polar surface area (TPSA) is 71.4 Å². The van der Waals surface area contributed by atoms with Crippen LogP contribution in [0.5, 0.6) is 0 Å². The van der Waals surface area contributed by atoms with Gasteiger partial charge in [-0.2, -0.15) is 0 Å². The number of benzene rings is 1. The summed E-state index contributed by atoms with van der Waals surface area (Å²) in [5, 5.41) is 0. The van der Waals surface area contributed by atoms with Crippen molar-refractivity contribution in [2.75, 3.05) is 13.6 Å². The number of aliphatic imine (C=N–C) groups is 1. The zero-order valence-electron chi connectivity index (χ0n) is 18.4. The van der Waals surface area contributed by atoms with Crippen LogP contribution in [0.3, 0.4) is 0 Å². The lowest BCUT2D eigenvalue weighted by molar-refractivity contribution is 0.0415. The SMILES string of the molecule is CN1C/C(=C/Cc2ccccc2)N(C(=O)OC(C)(C)C)/C1=N/C(=O)OC(C)(C)C. The van der Waals surface area contributed by atoms with E-state index >= 15 is 0 Å². The molecule has 0 radical (unpaired) electrons. The number of guanidine groups is 1. The van der Waals surface area contributed by atoms with Crippen LogP contribution in [0.15, 0.2) is 47.1 Å². The number of hydrogen-bond acceptors (Lipinski definition) is 4. The fourth-order valence-electron chi connectivity index (χ4n) is 2.70. The first-order valence-electron chi connectivity index (χ1n) is 9.64. The van der Waals surface area contributed by atoms with Gasteiger partial charge in [-0.25, -0.2) is 14.5 Å². The smallest absolute Gasteiger partial charge is 0.437 e. The Hall–Kier alpha value is -2.83. The number of rotatable bonds is 2.